The molecule has 2 saturated heterocycles. The van der Waals surface area contributed by atoms with Crippen molar-refractivity contribution in [2.45, 2.75) is 51.5 Å². The zero-order chi connectivity index (χ0) is 21.1. The third-order valence-corrected chi connectivity index (χ3v) is 7.53. The molecule has 0 radical (unpaired) electrons. The third kappa shape index (κ3) is 4.83. The Morgan fingerprint density at radius 1 is 0.867 bits per heavy atom. The highest BCUT2D eigenvalue weighted by molar-refractivity contribution is 6.30. The van der Waals surface area contributed by atoms with E-state index >= 15 is 0 Å². The highest BCUT2D eigenvalue weighted by Gasteiger charge is 2.39. The lowest BCUT2D eigenvalue weighted by atomic mass is 9.92. The van der Waals surface area contributed by atoms with Gasteiger partial charge < -0.3 is 9.80 Å². The molecule has 30 heavy (non-hydrogen) atoms. The van der Waals surface area contributed by atoms with Gasteiger partial charge in [-0.2, -0.15) is 0 Å². The standard InChI is InChI=1S/C24H34ClN3O2/c1-18-10-12-27(13-11-18)24(30)22(19-4-2-3-5-19)26-14-16-28(17-15-26)23(29)20-6-8-21(25)9-7-20/h6-9,18-19,22H,2-5,10-17H2,1H3/t22-/m1/s1. The van der Waals surface area contributed by atoms with Crippen LogP contribution >= 0.6 is 11.6 Å². The average Bonchev–Trinajstić information content (AvgIpc) is 3.29. The largest absolute Gasteiger partial charge is 0.341 e. The average molecular weight is 432 g/mol. The Bertz CT molecular complexity index is 731. The van der Waals surface area contributed by atoms with E-state index in [1.165, 1.54) is 12.8 Å². The van der Waals surface area contributed by atoms with Crippen molar-refractivity contribution in [2.24, 2.45) is 11.8 Å². The maximum atomic E-state index is 13.6. The summed E-state index contributed by atoms with van der Waals surface area (Å²) in [6, 6.07) is 7.10. The van der Waals surface area contributed by atoms with Gasteiger partial charge in [-0.05, 0) is 61.8 Å². The SMILES string of the molecule is CC1CCN(C(=O)[C@@H](C2CCCC2)N2CCN(C(=O)c3ccc(Cl)cc3)CC2)CC1. The molecule has 0 unspecified atom stereocenters. The molecule has 1 atom stereocenters. The van der Waals surface area contributed by atoms with Crippen LogP contribution < -0.4 is 0 Å². The maximum Gasteiger partial charge on any atom is 0.253 e. The second-order valence-corrected chi connectivity index (χ2v) is 9.77. The molecule has 164 valence electrons. The van der Waals surface area contributed by atoms with Crippen LogP contribution in [0.4, 0.5) is 0 Å². The molecular weight excluding hydrogens is 398 g/mol. The van der Waals surface area contributed by atoms with Crippen LogP contribution in [0.25, 0.3) is 0 Å². The Morgan fingerprint density at radius 2 is 1.47 bits per heavy atom. The van der Waals surface area contributed by atoms with Crippen molar-refractivity contribution in [3.63, 3.8) is 0 Å². The van der Waals surface area contributed by atoms with Crippen molar-refractivity contribution in [1.29, 1.82) is 0 Å². The molecule has 5 nitrogen and oxygen atoms in total. The first-order valence-corrected chi connectivity index (χ1v) is 12.0. The number of likely N-dealkylation sites (tertiary alicyclic amines) is 1. The normalized spacial score (nSPS) is 23.0. The highest BCUT2D eigenvalue weighted by atomic mass is 35.5. The molecule has 0 aromatic heterocycles. The van der Waals surface area contributed by atoms with Crippen LogP contribution in [0.5, 0.6) is 0 Å². The van der Waals surface area contributed by atoms with Crippen molar-refractivity contribution in [3.8, 4) is 0 Å². The number of amides is 2. The monoisotopic (exact) mass is 431 g/mol. The molecule has 2 heterocycles. The van der Waals surface area contributed by atoms with Crippen LogP contribution in [0.1, 0.15) is 55.8 Å². The quantitative estimate of drug-likeness (QED) is 0.725. The minimum atomic E-state index is -0.00584. The molecule has 1 saturated carbocycles. The van der Waals surface area contributed by atoms with E-state index < -0.39 is 0 Å². The lowest BCUT2D eigenvalue weighted by Gasteiger charge is -2.43. The molecular formula is C24H34ClN3O2. The van der Waals surface area contributed by atoms with Crippen molar-refractivity contribution >= 4 is 23.4 Å². The van der Waals surface area contributed by atoms with Gasteiger partial charge in [0.05, 0.1) is 6.04 Å². The van der Waals surface area contributed by atoms with E-state index in [9.17, 15) is 9.59 Å². The summed E-state index contributed by atoms with van der Waals surface area (Å²) >= 11 is 5.95. The van der Waals surface area contributed by atoms with Crippen LogP contribution in [0.15, 0.2) is 24.3 Å². The van der Waals surface area contributed by atoms with Gasteiger partial charge in [-0.15, -0.1) is 0 Å². The zero-order valence-electron chi connectivity index (χ0n) is 18.1. The first kappa shape index (κ1) is 21.6. The summed E-state index contributed by atoms with van der Waals surface area (Å²) in [6.07, 6.45) is 7.02. The van der Waals surface area contributed by atoms with E-state index in [0.717, 1.165) is 57.8 Å². The summed E-state index contributed by atoms with van der Waals surface area (Å²) < 4.78 is 0. The summed E-state index contributed by atoms with van der Waals surface area (Å²) in [7, 11) is 0. The third-order valence-electron chi connectivity index (χ3n) is 7.28. The van der Waals surface area contributed by atoms with E-state index in [4.69, 9.17) is 11.6 Å². The van der Waals surface area contributed by atoms with Gasteiger partial charge in [0.1, 0.15) is 0 Å². The number of carbonyl (C=O) groups excluding carboxylic acids is 2. The molecule has 6 heteroatoms. The van der Waals surface area contributed by atoms with Gasteiger partial charge in [-0.3, -0.25) is 14.5 Å². The van der Waals surface area contributed by atoms with Crippen LogP contribution in [-0.2, 0) is 4.79 Å². The summed E-state index contributed by atoms with van der Waals surface area (Å²) in [5.41, 5.74) is 0.679. The molecule has 1 aromatic carbocycles. The van der Waals surface area contributed by atoms with Gasteiger partial charge in [-0.25, -0.2) is 0 Å². The smallest absolute Gasteiger partial charge is 0.253 e. The molecule has 3 aliphatic rings. The Balaban J connectivity index is 1.41. The molecule has 1 aromatic rings. The second kappa shape index (κ2) is 9.69. The van der Waals surface area contributed by atoms with Crippen molar-refractivity contribution in [1.82, 2.24) is 14.7 Å². The predicted octanol–water partition coefficient (Wildman–Crippen LogP) is 3.92. The fraction of sp³-hybridized carbons (Fsp3) is 0.667. The Morgan fingerprint density at radius 3 is 2.07 bits per heavy atom. The van der Waals surface area contributed by atoms with Crippen molar-refractivity contribution in [2.75, 3.05) is 39.3 Å². The van der Waals surface area contributed by atoms with E-state index in [-0.39, 0.29) is 11.9 Å². The van der Waals surface area contributed by atoms with E-state index in [1.807, 2.05) is 4.90 Å². The number of hydrogen-bond donors (Lipinski definition) is 0. The lowest BCUT2D eigenvalue weighted by Crippen LogP contribution is -2.59. The van der Waals surface area contributed by atoms with Crippen LogP contribution in [0.3, 0.4) is 0 Å². The Labute approximate surface area is 185 Å². The van der Waals surface area contributed by atoms with Gasteiger partial charge in [0.2, 0.25) is 5.91 Å². The van der Waals surface area contributed by atoms with Crippen LogP contribution in [0.2, 0.25) is 5.02 Å². The van der Waals surface area contributed by atoms with Gasteiger partial charge in [-0.1, -0.05) is 31.4 Å². The van der Waals surface area contributed by atoms with E-state index in [1.54, 1.807) is 24.3 Å². The first-order valence-electron chi connectivity index (χ1n) is 11.6. The topological polar surface area (TPSA) is 43.9 Å². The van der Waals surface area contributed by atoms with E-state index in [0.29, 0.717) is 35.5 Å². The molecule has 0 spiro atoms. The number of halogens is 1. The first-order chi connectivity index (χ1) is 14.5. The second-order valence-electron chi connectivity index (χ2n) is 9.33. The number of benzene rings is 1. The minimum absolute atomic E-state index is 0.00584. The predicted molar refractivity (Wildman–Crippen MR) is 120 cm³/mol. The number of carbonyl (C=O) groups is 2. The Kier molecular flexibility index (Phi) is 6.99. The molecule has 2 amide bonds. The fourth-order valence-electron chi connectivity index (χ4n) is 5.32. The molecule has 4 rings (SSSR count). The van der Waals surface area contributed by atoms with Crippen LogP contribution in [-0.4, -0.2) is 71.8 Å². The number of piperazine rings is 1. The number of nitrogens with zero attached hydrogens (tertiary/aromatic N) is 3. The van der Waals surface area contributed by atoms with Gasteiger partial charge >= 0.3 is 0 Å². The van der Waals surface area contributed by atoms with Gasteiger partial charge in [0, 0.05) is 49.9 Å². The summed E-state index contributed by atoms with van der Waals surface area (Å²) in [5.74, 6) is 1.59. The molecule has 3 fully saturated rings. The van der Waals surface area contributed by atoms with Crippen molar-refractivity contribution in [3.05, 3.63) is 34.9 Å². The van der Waals surface area contributed by atoms with Gasteiger partial charge in [0.25, 0.3) is 5.91 Å². The van der Waals surface area contributed by atoms with Crippen LogP contribution in [0, 0.1) is 11.8 Å². The minimum Gasteiger partial charge on any atom is -0.341 e. The molecule has 2 aliphatic heterocycles. The number of hydrogen-bond acceptors (Lipinski definition) is 3. The van der Waals surface area contributed by atoms with Gasteiger partial charge in [0.15, 0.2) is 0 Å². The summed E-state index contributed by atoms with van der Waals surface area (Å²) in [5, 5.41) is 0.640. The molecule has 0 N–H and O–H groups in total. The summed E-state index contributed by atoms with van der Waals surface area (Å²) in [6.45, 7) is 6.99. The summed E-state index contributed by atoms with van der Waals surface area (Å²) in [4.78, 5) is 32.8. The molecule has 1 aliphatic carbocycles. The molecule has 0 bridgehead atoms. The maximum absolute atomic E-state index is 13.6. The lowest BCUT2D eigenvalue weighted by molar-refractivity contribution is -0.141. The number of piperidine rings is 1. The zero-order valence-corrected chi connectivity index (χ0v) is 18.8. The van der Waals surface area contributed by atoms with Crippen molar-refractivity contribution < 1.29 is 9.59 Å². The fourth-order valence-corrected chi connectivity index (χ4v) is 5.45. The number of rotatable bonds is 4. The van der Waals surface area contributed by atoms with E-state index in [2.05, 4.69) is 16.7 Å². The Hall–Kier alpha value is -1.59. The highest BCUT2D eigenvalue weighted by Crippen LogP contribution is 2.33.